The zero-order valence-electron chi connectivity index (χ0n) is 18.0. The Bertz CT molecular complexity index is 1360. The van der Waals surface area contributed by atoms with Crippen LogP contribution in [0.4, 0.5) is 10.1 Å². The molecule has 0 bridgehead atoms. The Morgan fingerprint density at radius 2 is 1.97 bits per heavy atom. The largest absolute Gasteiger partial charge is 0.496 e. The zero-order valence-corrected chi connectivity index (χ0v) is 18.0. The molecule has 0 fully saturated rings. The lowest BCUT2D eigenvalue weighted by atomic mass is 10.1. The molecule has 7 nitrogen and oxygen atoms in total. The number of nitrogens with one attached hydrogen (secondary N) is 1. The van der Waals surface area contributed by atoms with Gasteiger partial charge in [0.25, 0.3) is 5.56 Å². The lowest BCUT2D eigenvalue weighted by Crippen LogP contribution is -2.29. The molecule has 2 aromatic carbocycles. The van der Waals surface area contributed by atoms with Crippen molar-refractivity contribution in [2.24, 2.45) is 0 Å². The molecule has 164 valence electrons. The summed E-state index contributed by atoms with van der Waals surface area (Å²) in [6.45, 7) is 3.91. The smallest absolute Gasteiger partial charge is 0.267 e. The predicted octanol–water partition coefficient (Wildman–Crippen LogP) is 4.23. The maximum absolute atomic E-state index is 13.5. The molecule has 2 heterocycles. The van der Waals surface area contributed by atoms with E-state index in [-0.39, 0.29) is 24.2 Å². The molecule has 1 amide bonds. The van der Waals surface area contributed by atoms with Crippen molar-refractivity contribution < 1.29 is 13.9 Å². The molecule has 32 heavy (non-hydrogen) atoms. The second-order valence-electron chi connectivity index (χ2n) is 7.66. The van der Waals surface area contributed by atoms with Crippen molar-refractivity contribution in [3.8, 4) is 17.0 Å². The molecule has 1 N–H and O–H groups in total. The molecule has 0 atom stereocenters. The highest BCUT2D eigenvalue weighted by molar-refractivity contribution is 6.01. The molecule has 4 aromatic rings. The minimum atomic E-state index is -0.446. The number of carbonyl (C=O) groups excluding carboxylic acids is 1. The number of carbonyl (C=O) groups is 1. The van der Waals surface area contributed by atoms with Crippen molar-refractivity contribution >= 4 is 22.5 Å². The first-order valence-corrected chi connectivity index (χ1v) is 10.2. The number of fused-ring (bicyclic) bond motifs is 1. The van der Waals surface area contributed by atoms with E-state index in [1.54, 1.807) is 0 Å². The first-order valence-electron chi connectivity index (χ1n) is 10.2. The van der Waals surface area contributed by atoms with Gasteiger partial charge in [0.1, 0.15) is 18.1 Å². The second-order valence-corrected chi connectivity index (χ2v) is 7.66. The first kappa shape index (κ1) is 21.3. The fourth-order valence-electron chi connectivity index (χ4n) is 3.66. The Labute approximate surface area is 184 Å². The van der Waals surface area contributed by atoms with Gasteiger partial charge in [0.15, 0.2) is 0 Å². The summed E-state index contributed by atoms with van der Waals surface area (Å²) in [5.74, 6) is -0.542. The Balaban J connectivity index is 1.60. The third-order valence-corrected chi connectivity index (χ3v) is 5.19. The van der Waals surface area contributed by atoms with Gasteiger partial charge >= 0.3 is 0 Å². The number of hydrogen-bond donors (Lipinski definition) is 1. The Hall–Kier alpha value is -3.94. The SMILES string of the molecule is COc1cc(F)ccc1-c1ccc(=O)n(CC(=O)Nc2cccc3c2ccn3C(C)C)n1. The number of anilines is 1. The van der Waals surface area contributed by atoms with E-state index in [4.69, 9.17) is 4.74 Å². The number of rotatable bonds is 6. The lowest BCUT2D eigenvalue weighted by Gasteiger charge is -2.12. The molecule has 0 aliphatic rings. The van der Waals surface area contributed by atoms with Gasteiger partial charge in [-0.2, -0.15) is 5.10 Å². The third-order valence-electron chi connectivity index (χ3n) is 5.19. The van der Waals surface area contributed by atoms with Crippen LogP contribution in [0.3, 0.4) is 0 Å². The summed E-state index contributed by atoms with van der Waals surface area (Å²) in [5.41, 5.74) is 2.16. The maximum Gasteiger partial charge on any atom is 0.267 e. The maximum atomic E-state index is 13.5. The highest BCUT2D eigenvalue weighted by Gasteiger charge is 2.14. The standard InChI is InChI=1S/C24H23FN4O3/c1-15(2)28-12-11-17-19(5-4-6-21(17)28)26-23(30)14-29-24(31)10-9-20(27-29)18-8-7-16(25)13-22(18)32-3/h4-13,15H,14H2,1-3H3,(H,26,30). The molecule has 0 spiro atoms. The van der Waals surface area contributed by atoms with Crippen LogP contribution in [-0.4, -0.2) is 27.4 Å². The molecular formula is C24H23FN4O3. The van der Waals surface area contributed by atoms with Crippen LogP contribution in [0.5, 0.6) is 5.75 Å². The molecule has 0 aliphatic carbocycles. The summed E-state index contributed by atoms with van der Waals surface area (Å²) in [6.07, 6.45) is 1.98. The van der Waals surface area contributed by atoms with Gasteiger partial charge in [0.2, 0.25) is 5.91 Å². The summed E-state index contributed by atoms with van der Waals surface area (Å²) in [7, 11) is 1.43. The van der Waals surface area contributed by atoms with Crippen molar-refractivity contribution in [1.29, 1.82) is 0 Å². The third kappa shape index (κ3) is 4.12. The number of methoxy groups -OCH3 is 1. The predicted molar refractivity (Wildman–Crippen MR) is 121 cm³/mol. The van der Waals surface area contributed by atoms with Crippen LogP contribution in [0, 0.1) is 5.82 Å². The van der Waals surface area contributed by atoms with E-state index in [2.05, 4.69) is 28.8 Å². The van der Waals surface area contributed by atoms with Crippen LogP contribution in [0.15, 0.2) is 65.6 Å². The molecule has 0 aliphatic heterocycles. The Kier molecular flexibility index (Phi) is 5.77. The van der Waals surface area contributed by atoms with Gasteiger partial charge in [-0.05, 0) is 50.2 Å². The first-order chi connectivity index (χ1) is 15.4. The molecule has 0 saturated carbocycles. The summed E-state index contributed by atoms with van der Waals surface area (Å²) >= 11 is 0. The van der Waals surface area contributed by atoms with E-state index in [0.717, 1.165) is 15.6 Å². The number of hydrogen-bond acceptors (Lipinski definition) is 4. The molecule has 4 rings (SSSR count). The molecule has 2 aromatic heterocycles. The van der Waals surface area contributed by atoms with Crippen LogP contribution >= 0.6 is 0 Å². The fraction of sp³-hybridized carbons (Fsp3) is 0.208. The minimum absolute atomic E-state index is 0.266. The fourth-order valence-corrected chi connectivity index (χ4v) is 3.66. The summed E-state index contributed by atoms with van der Waals surface area (Å²) in [6, 6.07) is 14.8. The van der Waals surface area contributed by atoms with E-state index in [1.807, 2.05) is 30.5 Å². The van der Waals surface area contributed by atoms with Gasteiger partial charge in [-0.3, -0.25) is 9.59 Å². The minimum Gasteiger partial charge on any atom is -0.496 e. The number of amides is 1. The number of benzene rings is 2. The van der Waals surface area contributed by atoms with E-state index in [0.29, 0.717) is 16.9 Å². The Morgan fingerprint density at radius 1 is 1.16 bits per heavy atom. The lowest BCUT2D eigenvalue weighted by molar-refractivity contribution is -0.117. The average molecular weight is 434 g/mol. The van der Waals surface area contributed by atoms with Crippen LogP contribution in [0.2, 0.25) is 0 Å². The van der Waals surface area contributed by atoms with E-state index < -0.39 is 11.4 Å². The molecule has 8 heteroatoms. The van der Waals surface area contributed by atoms with Crippen molar-refractivity contribution in [2.75, 3.05) is 12.4 Å². The second kappa shape index (κ2) is 8.66. The Morgan fingerprint density at radius 3 is 2.72 bits per heavy atom. The molecular weight excluding hydrogens is 411 g/mol. The topological polar surface area (TPSA) is 78.1 Å². The number of ether oxygens (including phenoxy) is 1. The molecule has 0 saturated heterocycles. The van der Waals surface area contributed by atoms with Crippen LogP contribution in [-0.2, 0) is 11.3 Å². The van der Waals surface area contributed by atoms with E-state index in [1.165, 1.54) is 37.4 Å². The number of halogens is 1. The van der Waals surface area contributed by atoms with Crippen molar-refractivity contribution in [3.05, 3.63) is 77.0 Å². The van der Waals surface area contributed by atoms with Crippen molar-refractivity contribution in [2.45, 2.75) is 26.4 Å². The van der Waals surface area contributed by atoms with Gasteiger partial charge in [-0.1, -0.05) is 6.07 Å². The highest BCUT2D eigenvalue weighted by atomic mass is 19.1. The normalized spacial score (nSPS) is 11.2. The van der Waals surface area contributed by atoms with Crippen molar-refractivity contribution in [3.63, 3.8) is 0 Å². The summed E-state index contributed by atoms with van der Waals surface area (Å²) < 4.78 is 21.9. The van der Waals surface area contributed by atoms with Gasteiger partial charge in [0, 0.05) is 35.3 Å². The summed E-state index contributed by atoms with van der Waals surface area (Å²) in [4.78, 5) is 25.1. The average Bonchev–Trinajstić information content (AvgIpc) is 3.21. The van der Waals surface area contributed by atoms with E-state index in [9.17, 15) is 14.0 Å². The van der Waals surface area contributed by atoms with Gasteiger partial charge in [0.05, 0.1) is 24.0 Å². The van der Waals surface area contributed by atoms with Crippen LogP contribution in [0.1, 0.15) is 19.9 Å². The van der Waals surface area contributed by atoms with Gasteiger partial charge in [-0.25, -0.2) is 9.07 Å². The monoisotopic (exact) mass is 434 g/mol. The molecule has 0 unspecified atom stereocenters. The summed E-state index contributed by atoms with van der Waals surface area (Å²) in [5, 5.41) is 8.08. The van der Waals surface area contributed by atoms with Crippen LogP contribution in [0.25, 0.3) is 22.2 Å². The number of nitrogens with zero attached hydrogens (tertiary/aromatic N) is 3. The van der Waals surface area contributed by atoms with Gasteiger partial charge < -0.3 is 14.6 Å². The quantitative estimate of drug-likeness (QED) is 0.493. The number of aromatic nitrogens is 3. The highest BCUT2D eigenvalue weighted by Crippen LogP contribution is 2.29. The van der Waals surface area contributed by atoms with Gasteiger partial charge in [-0.15, -0.1) is 0 Å². The molecule has 0 radical (unpaired) electrons. The van der Waals surface area contributed by atoms with Crippen LogP contribution < -0.4 is 15.6 Å². The van der Waals surface area contributed by atoms with E-state index >= 15 is 0 Å². The zero-order chi connectivity index (χ0) is 22.8. The van der Waals surface area contributed by atoms with Crippen molar-refractivity contribution in [1.82, 2.24) is 14.3 Å².